The second-order valence-corrected chi connectivity index (χ2v) is 8.67. The largest absolute Gasteiger partial charge is 0.462 e. The number of carbonyl (C=O) groups is 2. The van der Waals surface area contributed by atoms with Crippen molar-refractivity contribution in [2.45, 2.75) is 73.1 Å². The van der Waals surface area contributed by atoms with Gasteiger partial charge in [0.15, 0.2) is 0 Å². The van der Waals surface area contributed by atoms with Crippen LogP contribution in [0.5, 0.6) is 5.75 Å². The summed E-state index contributed by atoms with van der Waals surface area (Å²) in [6.45, 7) is 10.0. The maximum atomic E-state index is 12.0. The van der Waals surface area contributed by atoms with Crippen molar-refractivity contribution < 1.29 is 29.0 Å². The maximum absolute atomic E-state index is 12.0. The zero-order valence-corrected chi connectivity index (χ0v) is 22.1. The third-order valence-electron chi connectivity index (χ3n) is 3.57. The summed E-state index contributed by atoms with van der Waals surface area (Å²) in [6, 6.07) is 6.35. The molecule has 10 heteroatoms. The van der Waals surface area contributed by atoms with Crippen molar-refractivity contribution in [3.05, 3.63) is 39.9 Å². The molecule has 1 aromatic carbocycles. The lowest BCUT2D eigenvalue weighted by Crippen LogP contribution is -2.13. The Labute approximate surface area is 206 Å². The molecular weight excluding hydrogens is 466 g/mol. The van der Waals surface area contributed by atoms with E-state index in [1.807, 2.05) is 56.2 Å². The quantitative estimate of drug-likeness (QED) is 0.0806. The van der Waals surface area contributed by atoms with Gasteiger partial charge < -0.3 is 14.3 Å². The fraction of sp³-hybridized carbons (Fsp3) is 0.652. The minimum absolute atomic E-state index is 0.0455. The van der Waals surface area contributed by atoms with Gasteiger partial charge in [0.05, 0.1) is 13.2 Å². The number of hydrogen-bond donors (Lipinski definition) is 0. The molecule has 1 aromatic rings. The third kappa shape index (κ3) is 19.3. The Bertz CT molecular complexity index is 633. The molecule has 0 aliphatic carbocycles. The molecule has 0 amide bonds. The summed E-state index contributed by atoms with van der Waals surface area (Å²) in [7, 11) is 3.98. The SMILES string of the molecule is C1CSSC1.CC.CC.CCCCC(=O)Oc1ccccc1C(=O)OCCCCO[N+](=O)[O-]. The van der Waals surface area contributed by atoms with Gasteiger partial charge in [-0.15, -0.1) is 10.1 Å². The highest BCUT2D eigenvalue weighted by Crippen LogP contribution is 2.29. The van der Waals surface area contributed by atoms with E-state index < -0.39 is 17.0 Å². The van der Waals surface area contributed by atoms with Gasteiger partial charge in [-0.2, -0.15) is 0 Å². The fourth-order valence-electron chi connectivity index (χ4n) is 2.10. The van der Waals surface area contributed by atoms with Crippen LogP contribution >= 0.6 is 21.6 Å². The van der Waals surface area contributed by atoms with Crippen LogP contribution in [-0.4, -0.2) is 41.7 Å². The van der Waals surface area contributed by atoms with E-state index >= 15 is 0 Å². The van der Waals surface area contributed by atoms with Gasteiger partial charge in [0.2, 0.25) is 0 Å². The van der Waals surface area contributed by atoms with Crippen molar-refractivity contribution in [1.29, 1.82) is 0 Å². The van der Waals surface area contributed by atoms with Crippen molar-refractivity contribution in [2.75, 3.05) is 24.7 Å². The van der Waals surface area contributed by atoms with Gasteiger partial charge in [-0.05, 0) is 37.8 Å². The number of rotatable bonds is 11. The second kappa shape index (κ2) is 24.7. The summed E-state index contributed by atoms with van der Waals surface area (Å²) in [5, 5.41) is 9.11. The molecule has 0 saturated carbocycles. The van der Waals surface area contributed by atoms with E-state index in [2.05, 4.69) is 4.84 Å². The molecule has 190 valence electrons. The van der Waals surface area contributed by atoms with Crippen molar-refractivity contribution in [1.82, 2.24) is 0 Å². The number of para-hydroxylation sites is 1. The van der Waals surface area contributed by atoms with Crippen LogP contribution in [0.4, 0.5) is 0 Å². The minimum atomic E-state index is -0.866. The molecule has 0 bridgehead atoms. The van der Waals surface area contributed by atoms with Crippen LogP contribution in [0, 0.1) is 10.1 Å². The Morgan fingerprint density at radius 3 is 2.15 bits per heavy atom. The predicted molar refractivity (Wildman–Crippen MR) is 136 cm³/mol. The molecule has 1 aliphatic rings. The third-order valence-corrected chi connectivity index (χ3v) is 6.15. The molecular formula is C23H39NO7S2. The number of esters is 2. The van der Waals surface area contributed by atoms with Gasteiger partial charge in [-0.3, -0.25) is 4.79 Å². The summed E-state index contributed by atoms with van der Waals surface area (Å²) in [5.41, 5.74) is 0.170. The van der Waals surface area contributed by atoms with Crippen LogP contribution in [0.2, 0.25) is 0 Å². The average Bonchev–Trinajstić information content (AvgIpc) is 3.43. The van der Waals surface area contributed by atoms with Gasteiger partial charge in [-0.25, -0.2) is 4.79 Å². The van der Waals surface area contributed by atoms with E-state index in [0.717, 1.165) is 12.8 Å². The Hall–Kier alpha value is -1.94. The van der Waals surface area contributed by atoms with Gasteiger partial charge in [0, 0.05) is 17.9 Å². The zero-order valence-electron chi connectivity index (χ0n) is 20.5. The number of unbranched alkanes of at least 4 members (excludes halogenated alkanes) is 2. The van der Waals surface area contributed by atoms with Crippen LogP contribution in [0.25, 0.3) is 0 Å². The Kier molecular flexibility index (Phi) is 24.9. The molecule has 0 unspecified atom stereocenters. The number of benzene rings is 1. The molecule has 0 atom stereocenters. The lowest BCUT2D eigenvalue weighted by molar-refractivity contribution is -0.757. The average molecular weight is 506 g/mol. The van der Waals surface area contributed by atoms with Crippen LogP contribution in [0.1, 0.15) is 83.5 Å². The molecule has 0 spiro atoms. The highest BCUT2D eigenvalue weighted by molar-refractivity contribution is 8.77. The topological polar surface area (TPSA) is 105 Å². The van der Waals surface area contributed by atoms with Crippen LogP contribution in [-0.2, 0) is 14.4 Å². The molecule has 1 aliphatic heterocycles. The first kappa shape index (κ1) is 33.2. The predicted octanol–water partition coefficient (Wildman–Crippen LogP) is 6.75. The molecule has 0 aromatic heterocycles. The molecule has 1 fully saturated rings. The van der Waals surface area contributed by atoms with Crippen LogP contribution < -0.4 is 4.74 Å². The minimum Gasteiger partial charge on any atom is -0.462 e. The van der Waals surface area contributed by atoms with Gasteiger partial charge >= 0.3 is 11.9 Å². The van der Waals surface area contributed by atoms with Gasteiger partial charge in [-0.1, -0.05) is 74.8 Å². The summed E-state index contributed by atoms with van der Waals surface area (Å²) in [6.07, 6.45) is 4.13. The number of carbonyl (C=O) groups excluding carboxylic acids is 2. The van der Waals surface area contributed by atoms with E-state index in [-0.39, 0.29) is 30.9 Å². The first-order valence-corrected chi connectivity index (χ1v) is 14.0. The monoisotopic (exact) mass is 505 g/mol. The molecule has 2 rings (SSSR count). The van der Waals surface area contributed by atoms with Crippen molar-refractivity contribution in [3.63, 3.8) is 0 Å². The first-order chi connectivity index (χ1) is 16.0. The molecule has 1 heterocycles. The highest BCUT2D eigenvalue weighted by Gasteiger charge is 2.16. The number of ether oxygens (including phenoxy) is 2. The van der Waals surface area contributed by atoms with E-state index in [9.17, 15) is 19.7 Å². The van der Waals surface area contributed by atoms with Gasteiger partial charge in [0.25, 0.3) is 5.09 Å². The molecule has 1 saturated heterocycles. The molecule has 8 nitrogen and oxygen atoms in total. The van der Waals surface area contributed by atoms with E-state index in [4.69, 9.17) is 9.47 Å². The van der Waals surface area contributed by atoms with E-state index in [0.29, 0.717) is 12.8 Å². The van der Waals surface area contributed by atoms with Crippen LogP contribution in [0.3, 0.4) is 0 Å². The molecule has 33 heavy (non-hydrogen) atoms. The van der Waals surface area contributed by atoms with Crippen molar-refractivity contribution in [2.24, 2.45) is 0 Å². The molecule has 0 N–H and O–H groups in total. The second-order valence-electron chi connectivity index (χ2n) is 5.97. The first-order valence-electron chi connectivity index (χ1n) is 11.5. The Morgan fingerprint density at radius 2 is 1.61 bits per heavy atom. The van der Waals surface area contributed by atoms with Gasteiger partial charge in [0.1, 0.15) is 11.3 Å². The highest BCUT2D eigenvalue weighted by atomic mass is 33.1. The number of nitrogens with zero attached hydrogens (tertiary/aromatic N) is 1. The Morgan fingerprint density at radius 1 is 1.00 bits per heavy atom. The van der Waals surface area contributed by atoms with E-state index in [1.165, 1.54) is 30.1 Å². The Balaban J connectivity index is 0. The lowest BCUT2D eigenvalue weighted by atomic mass is 10.2. The smallest absolute Gasteiger partial charge is 0.341 e. The van der Waals surface area contributed by atoms with Crippen LogP contribution in [0.15, 0.2) is 24.3 Å². The summed E-state index contributed by atoms with van der Waals surface area (Å²) in [4.78, 5) is 37.9. The maximum Gasteiger partial charge on any atom is 0.341 e. The summed E-state index contributed by atoms with van der Waals surface area (Å²) >= 11 is 0. The standard InChI is InChI=1S/C16H21NO7.C3H6S2.2C2H6/c1-2-3-10-15(18)24-14-9-5-4-8-13(14)16(19)22-11-6-7-12-23-17(20)21;1-2-4-5-3-1;2*1-2/h4-5,8-9H,2-3,6-7,10-12H2,1H3;1-3H2;2*1-2H3. The number of hydrogen-bond acceptors (Lipinski definition) is 9. The van der Waals surface area contributed by atoms with E-state index in [1.54, 1.807) is 12.1 Å². The normalized spacial score (nSPS) is 11.3. The fourth-order valence-corrected chi connectivity index (χ4v) is 4.46. The summed E-state index contributed by atoms with van der Waals surface area (Å²) in [5.74, 6) is 1.92. The lowest BCUT2D eigenvalue weighted by Gasteiger charge is -2.10. The van der Waals surface area contributed by atoms with Crippen molar-refractivity contribution in [3.8, 4) is 5.75 Å². The zero-order chi connectivity index (χ0) is 25.3. The van der Waals surface area contributed by atoms with Crippen molar-refractivity contribution >= 4 is 33.5 Å². The summed E-state index contributed by atoms with van der Waals surface area (Å²) < 4.78 is 10.3. The molecule has 0 radical (unpaired) electrons.